The Kier molecular flexibility index (Phi) is 4.30. The number of imidazole rings is 1. The molecule has 130 valence electrons. The summed E-state index contributed by atoms with van der Waals surface area (Å²) in [4.78, 5) is 7.76. The summed E-state index contributed by atoms with van der Waals surface area (Å²) >= 11 is 1.31. The molecule has 0 aliphatic heterocycles. The molecule has 1 aromatic heterocycles. The average Bonchev–Trinajstić information content (AvgIpc) is 3.14. The van der Waals surface area contributed by atoms with Crippen LogP contribution in [0.2, 0.25) is 0 Å². The van der Waals surface area contributed by atoms with E-state index in [-0.39, 0.29) is 9.92 Å². The van der Waals surface area contributed by atoms with Crippen LogP contribution in [0.3, 0.4) is 0 Å². The summed E-state index contributed by atoms with van der Waals surface area (Å²) in [5.74, 6) is 0.550. The molecule has 26 heavy (non-hydrogen) atoms. The maximum atomic E-state index is 13.2. The van der Waals surface area contributed by atoms with Crippen molar-refractivity contribution in [2.75, 3.05) is 6.26 Å². The van der Waals surface area contributed by atoms with Crippen LogP contribution < -0.4 is 0 Å². The van der Waals surface area contributed by atoms with E-state index in [4.69, 9.17) is 0 Å². The molecule has 1 heterocycles. The zero-order chi connectivity index (χ0) is 18.1. The van der Waals surface area contributed by atoms with Crippen molar-refractivity contribution in [2.24, 2.45) is 0 Å². The van der Waals surface area contributed by atoms with E-state index in [1.54, 1.807) is 12.1 Å². The fraction of sp³-hybridized carbons (Fsp3) is 0.0500. The van der Waals surface area contributed by atoms with Crippen molar-refractivity contribution in [3.8, 4) is 11.4 Å². The van der Waals surface area contributed by atoms with Crippen LogP contribution in [0.15, 0.2) is 87.7 Å². The van der Waals surface area contributed by atoms with Gasteiger partial charge >= 0.3 is 0 Å². The largest absolute Gasteiger partial charge is 0.328 e. The molecule has 0 spiro atoms. The van der Waals surface area contributed by atoms with Crippen molar-refractivity contribution in [2.45, 2.75) is 14.9 Å². The number of nitrogens with zero attached hydrogens (tertiary/aromatic N) is 1. The SMILES string of the molecule is CSc1nc(-c2ccccc2)[nH]c1S(=O)(=O)c1ccc2ccccc2c1. The lowest BCUT2D eigenvalue weighted by Gasteiger charge is -2.05. The smallest absolute Gasteiger partial charge is 0.224 e. The molecule has 0 saturated carbocycles. The molecule has 6 heteroatoms. The van der Waals surface area contributed by atoms with Gasteiger partial charge in [0.25, 0.3) is 0 Å². The molecular formula is C20H16N2O2S2. The van der Waals surface area contributed by atoms with Crippen LogP contribution in [0, 0.1) is 0 Å². The lowest BCUT2D eigenvalue weighted by molar-refractivity contribution is 0.590. The number of aromatic nitrogens is 2. The molecule has 0 fully saturated rings. The van der Waals surface area contributed by atoms with Crippen molar-refractivity contribution >= 4 is 32.4 Å². The minimum Gasteiger partial charge on any atom is -0.328 e. The lowest BCUT2D eigenvalue weighted by atomic mass is 10.1. The molecule has 3 aromatic carbocycles. The minimum atomic E-state index is -3.70. The molecule has 0 radical (unpaired) electrons. The highest BCUT2D eigenvalue weighted by molar-refractivity contribution is 7.99. The number of sulfone groups is 1. The first-order valence-electron chi connectivity index (χ1n) is 8.03. The van der Waals surface area contributed by atoms with E-state index in [0.717, 1.165) is 16.3 Å². The van der Waals surface area contributed by atoms with Gasteiger partial charge in [0, 0.05) is 5.56 Å². The van der Waals surface area contributed by atoms with Gasteiger partial charge in [0.2, 0.25) is 9.84 Å². The minimum absolute atomic E-state index is 0.138. The summed E-state index contributed by atoms with van der Waals surface area (Å²) in [5, 5.41) is 2.50. The standard InChI is InChI=1S/C20H16N2O2S2/c1-25-19-20(22-18(21-19)15-8-3-2-4-9-15)26(23,24)17-12-11-14-7-5-6-10-16(14)13-17/h2-13H,1H3,(H,21,22). The molecule has 0 saturated heterocycles. The molecule has 0 aliphatic carbocycles. The summed E-state index contributed by atoms with van der Waals surface area (Å²) in [7, 11) is -3.70. The van der Waals surface area contributed by atoms with Gasteiger partial charge < -0.3 is 4.98 Å². The molecule has 1 N–H and O–H groups in total. The highest BCUT2D eigenvalue weighted by atomic mass is 32.2. The number of hydrogen-bond acceptors (Lipinski definition) is 4. The Morgan fingerprint density at radius 3 is 2.31 bits per heavy atom. The summed E-state index contributed by atoms with van der Waals surface area (Å²) < 4.78 is 26.4. The Balaban J connectivity index is 1.85. The second kappa shape index (κ2) is 6.63. The third-order valence-electron chi connectivity index (χ3n) is 4.18. The van der Waals surface area contributed by atoms with E-state index in [2.05, 4.69) is 9.97 Å². The summed E-state index contributed by atoms with van der Waals surface area (Å²) in [6.45, 7) is 0. The molecule has 0 atom stereocenters. The van der Waals surface area contributed by atoms with Gasteiger partial charge in [-0.3, -0.25) is 0 Å². The highest BCUT2D eigenvalue weighted by Gasteiger charge is 2.26. The average molecular weight is 380 g/mol. The Labute approximate surface area is 156 Å². The van der Waals surface area contributed by atoms with Gasteiger partial charge in [-0.1, -0.05) is 60.7 Å². The van der Waals surface area contributed by atoms with Crippen LogP contribution in [-0.4, -0.2) is 24.6 Å². The molecular weight excluding hydrogens is 364 g/mol. The van der Waals surface area contributed by atoms with E-state index in [0.29, 0.717) is 10.9 Å². The van der Waals surface area contributed by atoms with Crippen LogP contribution >= 0.6 is 11.8 Å². The molecule has 0 aliphatic rings. The van der Waals surface area contributed by atoms with Gasteiger partial charge in [-0.2, -0.15) is 0 Å². The van der Waals surface area contributed by atoms with Gasteiger partial charge in [0.15, 0.2) is 5.03 Å². The van der Waals surface area contributed by atoms with Gasteiger partial charge in [0.1, 0.15) is 10.9 Å². The van der Waals surface area contributed by atoms with Gasteiger partial charge in [-0.15, -0.1) is 11.8 Å². The fourth-order valence-corrected chi connectivity index (χ4v) is 5.12. The first-order valence-corrected chi connectivity index (χ1v) is 10.7. The summed E-state index contributed by atoms with van der Waals surface area (Å²) in [6, 6.07) is 22.4. The Morgan fingerprint density at radius 2 is 1.58 bits per heavy atom. The fourth-order valence-electron chi connectivity index (χ4n) is 2.85. The monoisotopic (exact) mass is 380 g/mol. The normalized spacial score (nSPS) is 11.7. The number of hydrogen-bond donors (Lipinski definition) is 1. The predicted molar refractivity (Wildman–Crippen MR) is 105 cm³/mol. The van der Waals surface area contributed by atoms with Crippen LogP contribution in [0.5, 0.6) is 0 Å². The summed E-state index contributed by atoms with van der Waals surface area (Å²) in [6.07, 6.45) is 1.82. The number of nitrogens with one attached hydrogen (secondary N) is 1. The molecule has 0 amide bonds. The third kappa shape index (κ3) is 2.91. The number of thioether (sulfide) groups is 1. The molecule has 0 unspecified atom stereocenters. The van der Waals surface area contributed by atoms with Gasteiger partial charge in [0.05, 0.1) is 4.90 Å². The van der Waals surface area contributed by atoms with Gasteiger partial charge in [-0.05, 0) is 29.2 Å². The van der Waals surface area contributed by atoms with Crippen molar-refractivity contribution < 1.29 is 8.42 Å². The first-order chi connectivity index (χ1) is 12.6. The second-order valence-electron chi connectivity index (χ2n) is 5.80. The predicted octanol–water partition coefficient (Wildman–Crippen LogP) is 4.78. The first kappa shape index (κ1) is 16.9. The summed E-state index contributed by atoms with van der Waals surface area (Å²) in [5.41, 5.74) is 0.850. The lowest BCUT2D eigenvalue weighted by Crippen LogP contribution is -2.04. The maximum Gasteiger partial charge on any atom is 0.224 e. The quantitative estimate of drug-likeness (QED) is 0.517. The number of rotatable bonds is 4. The van der Waals surface area contributed by atoms with Crippen molar-refractivity contribution in [3.63, 3.8) is 0 Å². The van der Waals surface area contributed by atoms with E-state index >= 15 is 0 Å². The van der Waals surface area contributed by atoms with E-state index in [9.17, 15) is 8.42 Å². The zero-order valence-electron chi connectivity index (χ0n) is 14.0. The number of H-pyrrole nitrogens is 1. The van der Waals surface area contributed by atoms with Crippen LogP contribution in [0.1, 0.15) is 0 Å². The van der Waals surface area contributed by atoms with Crippen LogP contribution in [0.4, 0.5) is 0 Å². The highest BCUT2D eigenvalue weighted by Crippen LogP contribution is 2.32. The molecule has 0 bridgehead atoms. The third-order valence-corrected chi connectivity index (χ3v) is 6.70. The zero-order valence-corrected chi connectivity index (χ0v) is 15.6. The Morgan fingerprint density at radius 1 is 0.885 bits per heavy atom. The maximum absolute atomic E-state index is 13.2. The Hall–Kier alpha value is -2.57. The van der Waals surface area contributed by atoms with Crippen LogP contribution in [0.25, 0.3) is 22.2 Å². The van der Waals surface area contributed by atoms with Crippen molar-refractivity contribution in [1.82, 2.24) is 9.97 Å². The van der Waals surface area contributed by atoms with Crippen molar-refractivity contribution in [3.05, 3.63) is 72.8 Å². The number of aromatic amines is 1. The Bertz CT molecular complexity index is 1180. The van der Waals surface area contributed by atoms with E-state index < -0.39 is 9.84 Å². The topological polar surface area (TPSA) is 62.8 Å². The van der Waals surface area contributed by atoms with Crippen LogP contribution in [-0.2, 0) is 9.84 Å². The second-order valence-corrected chi connectivity index (χ2v) is 8.48. The van der Waals surface area contributed by atoms with Crippen molar-refractivity contribution in [1.29, 1.82) is 0 Å². The van der Waals surface area contributed by atoms with E-state index in [1.807, 2.05) is 66.9 Å². The number of fused-ring (bicyclic) bond motifs is 1. The molecule has 4 rings (SSSR count). The number of benzene rings is 3. The molecule has 4 nitrogen and oxygen atoms in total. The van der Waals surface area contributed by atoms with E-state index in [1.165, 1.54) is 11.8 Å². The molecule has 4 aromatic rings. The van der Waals surface area contributed by atoms with Gasteiger partial charge in [-0.25, -0.2) is 13.4 Å².